The van der Waals surface area contributed by atoms with Gasteiger partial charge in [-0.05, 0) is 54.3 Å². The number of nitrogens with one attached hydrogen (secondary N) is 1. The summed E-state index contributed by atoms with van der Waals surface area (Å²) < 4.78 is 40.5. The second-order valence-electron chi connectivity index (χ2n) is 6.80. The molecule has 0 saturated heterocycles. The Morgan fingerprint density at radius 1 is 1.09 bits per heavy atom. The Kier molecular flexibility index (Phi) is 9.26. The van der Waals surface area contributed by atoms with E-state index in [2.05, 4.69) is 15.0 Å². The van der Waals surface area contributed by atoms with Crippen LogP contribution >= 0.6 is 11.6 Å². The monoisotopic (exact) mass is 495 g/mol. The summed E-state index contributed by atoms with van der Waals surface area (Å²) in [4.78, 5) is 25.5. The van der Waals surface area contributed by atoms with Crippen molar-refractivity contribution in [2.75, 3.05) is 12.4 Å². The number of aryl methyl sites for hydroxylation is 2. The maximum absolute atomic E-state index is 12.2. The van der Waals surface area contributed by atoms with Crippen molar-refractivity contribution in [3.05, 3.63) is 88.2 Å². The number of nitrogens with two attached hydrogens (primary N) is 1. The maximum atomic E-state index is 12.2. The third kappa shape index (κ3) is 8.28. The van der Waals surface area contributed by atoms with E-state index < -0.39 is 18.2 Å². The number of hydrogen-bond acceptors (Lipinski definition) is 5. The van der Waals surface area contributed by atoms with Crippen LogP contribution in [0.25, 0.3) is 0 Å². The van der Waals surface area contributed by atoms with Gasteiger partial charge in [-0.15, -0.1) is 13.2 Å². The van der Waals surface area contributed by atoms with Gasteiger partial charge in [0.1, 0.15) is 10.9 Å². The Labute approximate surface area is 198 Å². The van der Waals surface area contributed by atoms with Crippen LogP contribution in [-0.4, -0.2) is 35.4 Å². The van der Waals surface area contributed by atoms with Crippen LogP contribution in [0.4, 0.5) is 18.9 Å². The average Bonchev–Trinajstić information content (AvgIpc) is 2.77. The molecule has 3 aromatic rings. The summed E-state index contributed by atoms with van der Waals surface area (Å²) in [6, 6.07) is 15.8. The average molecular weight is 496 g/mol. The SMILES string of the molecule is CNc1ccc(Cl)nc1C(=O)O.NC(=O)c1ccccc1CCc1cccc(OC(F)(F)F)c1. The van der Waals surface area contributed by atoms with E-state index in [1.54, 1.807) is 43.4 Å². The van der Waals surface area contributed by atoms with Gasteiger partial charge in [-0.25, -0.2) is 9.78 Å². The molecule has 0 aliphatic rings. The summed E-state index contributed by atoms with van der Waals surface area (Å²) >= 11 is 5.52. The van der Waals surface area contributed by atoms with Gasteiger partial charge in [0, 0.05) is 12.6 Å². The second kappa shape index (κ2) is 11.9. The van der Waals surface area contributed by atoms with E-state index in [9.17, 15) is 22.8 Å². The topological polar surface area (TPSA) is 115 Å². The van der Waals surface area contributed by atoms with Gasteiger partial charge in [-0.2, -0.15) is 0 Å². The lowest BCUT2D eigenvalue weighted by atomic mass is 9.99. The molecule has 1 aromatic heterocycles. The van der Waals surface area contributed by atoms with Gasteiger partial charge in [0.25, 0.3) is 0 Å². The number of ether oxygens (including phenoxy) is 1. The summed E-state index contributed by atoms with van der Waals surface area (Å²) in [5, 5.41) is 11.5. The number of alkyl halides is 3. The first kappa shape index (κ1) is 26.5. The fraction of sp³-hybridized carbons (Fsp3) is 0.174. The minimum Gasteiger partial charge on any atom is -0.476 e. The molecule has 0 fully saturated rings. The smallest absolute Gasteiger partial charge is 0.476 e. The van der Waals surface area contributed by atoms with Crippen LogP contribution in [0.3, 0.4) is 0 Å². The zero-order valence-corrected chi connectivity index (χ0v) is 18.7. The van der Waals surface area contributed by atoms with Crippen LogP contribution in [0, 0.1) is 0 Å². The maximum Gasteiger partial charge on any atom is 0.573 e. The van der Waals surface area contributed by atoms with E-state index in [4.69, 9.17) is 22.4 Å². The van der Waals surface area contributed by atoms with Gasteiger partial charge < -0.3 is 20.9 Å². The van der Waals surface area contributed by atoms with Gasteiger partial charge in [-0.3, -0.25) is 4.79 Å². The molecule has 0 atom stereocenters. The highest BCUT2D eigenvalue weighted by Gasteiger charge is 2.31. The van der Waals surface area contributed by atoms with Crippen molar-refractivity contribution < 1.29 is 32.6 Å². The summed E-state index contributed by atoms with van der Waals surface area (Å²) in [6.07, 6.45) is -3.74. The Morgan fingerprint density at radius 2 is 1.79 bits per heavy atom. The molecule has 0 spiro atoms. The summed E-state index contributed by atoms with van der Waals surface area (Å²) in [5.41, 5.74) is 7.54. The van der Waals surface area contributed by atoms with Crippen molar-refractivity contribution >= 4 is 29.2 Å². The molecule has 7 nitrogen and oxygen atoms in total. The third-order valence-electron chi connectivity index (χ3n) is 4.43. The molecule has 2 aromatic carbocycles. The third-order valence-corrected chi connectivity index (χ3v) is 4.64. The van der Waals surface area contributed by atoms with Crippen LogP contribution in [0.1, 0.15) is 32.0 Å². The Bertz CT molecular complexity index is 1160. The molecule has 180 valence electrons. The minimum atomic E-state index is -4.71. The number of nitrogens with zero attached hydrogens (tertiary/aromatic N) is 1. The van der Waals surface area contributed by atoms with E-state index in [-0.39, 0.29) is 16.6 Å². The van der Waals surface area contributed by atoms with E-state index in [1.165, 1.54) is 24.3 Å². The van der Waals surface area contributed by atoms with E-state index in [0.717, 1.165) is 5.56 Å². The van der Waals surface area contributed by atoms with Crippen molar-refractivity contribution in [2.45, 2.75) is 19.2 Å². The predicted octanol–water partition coefficient (Wildman–Crippen LogP) is 4.94. The van der Waals surface area contributed by atoms with Crippen molar-refractivity contribution in [3.63, 3.8) is 0 Å². The Morgan fingerprint density at radius 3 is 2.41 bits per heavy atom. The molecule has 3 rings (SSSR count). The molecule has 0 aliphatic heterocycles. The number of benzene rings is 2. The lowest BCUT2D eigenvalue weighted by Gasteiger charge is -2.10. The van der Waals surface area contributed by atoms with Crippen LogP contribution in [-0.2, 0) is 12.8 Å². The van der Waals surface area contributed by atoms with Crippen molar-refractivity contribution in [2.24, 2.45) is 5.73 Å². The van der Waals surface area contributed by atoms with Crippen molar-refractivity contribution in [1.82, 2.24) is 4.98 Å². The normalized spacial score (nSPS) is 10.6. The molecule has 0 bridgehead atoms. The number of rotatable bonds is 7. The fourth-order valence-electron chi connectivity index (χ4n) is 2.96. The molecule has 0 radical (unpaired) electrons. The number of hydrogen-bond donors (Lipinski definition) is 3. The van der Waals surface area contributed by atoms with E-state index in [1.807, 2.05) is 0 Å². The number of carboxylic acids is 1. The van der Waals surface area contributed by atoms with Crippen molar-refractivity contribution in [3.8, 4) is 5.75 Å². The van der Waals surface area contributed by atoms with Crippen LogP contribution in [0.5, 0.6) is 5.75 Å². The van der Waals surface area contributed by atoms with E-state index in [0.29, 0.717) is 29.7 Å². The zero-order chi connectivity index (χ0) is 25.3. The number of halogens is 4. The standard InChI is InChI=1S/C16H14F3NO2.C7H7ClN2O2/c17-16(18,19)22-13-6-3-4-11(10-13)8-9-12-5-1-2-7-14(12)15(20)21;1-9-4-2-3-5(8)10-6(4)7(11)12/h1-7,10H,8-9H2,(H2,20,21);2-3,9H,1H3,(H,11,12). The highest BCUT2D eigenvalue weighted by Crippen LogP contribution is 2.24. The van der Waals surface area contributed by atoms with E-state index >= 15 is 0 Å². The van der Waals surface area contributed by atoms with Gasteiger partial charge in [0.15, 0.2) is 5.69 Å². The van der Waals surface area contributed by atoms with Crippen LogP contribution < -0.4 is 15.8 Å². The second-order valence-corrected chi connectivity index (χ2v) is 7.19. The summed E-state index contributed by atoms with van der Waals surface area (Å²) in [5.74, 6) is -1.88. The molecule has 11 heteroatoms. The molecule has 0 saturated carbocycles. The number of aromatic carboxylic acids is 1. The molecule has 1 heterocycles. The first-order valence-corrected chi connectivity index (χ1v) is 10.2. The molecule has 1 amide bonds. The largest absolute Gasteiger partial charge is 0.573 e. The van der Waals surface area contributed by atoms with Crippen LogP contribution in [0.2, 0.25) is 5.15 Å². The first-order valence-electron chi connectivity index (χ1n) is 9.80. The lowest BCUT2D eigenvalue weighted by Crippen LogP contribution is -2.17. The number of amides is 1. The molecule has 4 N–H and O–H groups in total. The quantitative estimate of drug-likeness (QED) is 0.400. The molecular weight excluding hydrogens is 475 g/mol. The first-order chi connectivity index (χ1) is 16.0. The molecular formula is C23H21ClF3N3O4. The minimum absolute atomic E-state index is 0.0648. The molecule has 0 unspecified atom stereocenters. The van der Waals surface area contributed by atoms with Gasteiger partial charge in [0.05, 0.1) is 5.69 Å². The predicted molar refractivity (Wildman–Crippen MR) is 121 cm³/mol. The highest BCUT2D eigenvalue weighted by atomic mass is 35.5. The zero-order valence-electron chi connectivity index (χ0n) is 17.9. The number of pyridine rings is 1. The van der Waals surface area contributed by atoms with Gasteiger partial charge in [-0.1, -0.05) is 41.9 Å². The van der Waals surface area contributed by atoms with Gasteiger partial charge >= 0.3 is 12.3 Å². The summed E-state index contributed by atoms with van der Waals surface area (Å²) in [6.45, 7) is 0. The molecule has 0 aliphatic carbocycles. The Balaban J connectivity index is 0.000000287. The highest BCUT2D eigenvalue weighted by molar-refractivity contribution is 6.29. The number of aromatic nitrogens is 1. The van der Waals surface area contributed by atoms with Crippen LogP contribution in [0.15, 0.2) is 60.7 Å². The number of carbonyl (C=O) groups is 2. The molecule has 34 heavy (non-hydrogen) atoms. The summed E-state index contributed by atoms with van der Waals surface area (Å²) in [7, 11) is 1.62. The van der Waals surface area contributed by atoms with Gasteiger partial charge in [0.2, 0.25) is 5.91 Å². The number of anilines is 1. The van der Waals surface area contributed by atoms with Crippen molar-refractivity contribution in [1.29, 1.82) is 0 Å². The lowest BCUT2D eigenvalue weighted by molar-refractivity contribution is -0.274. The number of carboxylic acid groups (broad SMARTS) is 1. The number of carbonyl (C=O) groups excluding carboxylic acids is 1. The fourth-order valence-corrected chi connectivity index (χ4v) is 3.10. The Hall–Kier alpha value is -3.79. The number of primary amides is 1.